The molecule has 2 unspecified atom stereocenters. The van der Waals surface area contributed by atoms with Gasteiger partial charge in [-0.2, -0.15) is 0 Å². The van der Waals surface area contributed by atoms with E-state index in [2.05, 4.69) is 27.8 Å². The number of carbonyl (C=O) groups is 1. The number of benzene rings is 1. The lowest BCUT2D eigenvalue weighted by Crippen LogP contribution is -2.44. The minimum Gasteiger partial charge on any atom is -0.394 e. The van der Waals surface area contributed by atoms with Gasteiger partial charge < -0.3 is 15.6 Å². The fraction of sp³-hybridized carbons (Fsp3) is 0.591. The van der Waals surface area contributed by atoms with Crippen LogP contribution in [0, 0.1) is 30.1 Å². The number of aryl methyl sites for hydroxylation is 1. The standard InChI is InChI=1S/C22H28BrNO3/c1-15-5-6-17(23)13-19(15)22(14-25,20(24)26)11-10-21-8-3-4-16(21)12-18(27-2)7-9-21/h5-6,13,16,18,25H,3-4,7-9,12,14H2,1-2H3,(H2,24,26)/t16?,18-,21+,22?/m1/s1. The van der Waals surface area contributed by atoms with Gasteiger partial charge in [0.25, 0.3) is 0 Å². The molecule has 2 aliphatic rings. The van der Waals surface area contributed by atoms with Crippen molar-refractivity contribution >= 4 is 21.8 Å². The van der Waals surface area contributed by atoms with Crippen molar-refractivity contribution in [3.05, 3.63) is 33.8 Å². The van der Waals surface area contributed by atoms with Crippen molar-refractivity contribution in [2.75, 3.05) is 13.7 Å². The number of hydrogen-bond acceptors (Lipinski definition) is 3. The summed E-state index contributed by atoms with van der Waals surface area (Å²) in [4.78, 5) is 12.5. The summed E-state index contributed by atoms with van der Waals surface area (Å²) in [6, 6.07) is 5.67. The Kier molecular flexibility index (Phi) is 6.00. The van der Waals surface area contributed by atoms with Crippen molar-refractivity contribution in [2.45, 2.75) is 57.0 Å². The maximum absolute atomic E-state index is 12.5. The molecule has 4 atom stereocenters. The number of aliphatic hydroxyl groups is 1. The van der Waals surface area contributed by atoms with Gasteiger partial charge in [-0.25, -0.2) is 0 Å². The van der Waals surface area contributed by atoms with Gasteiger partial charge in [0.1, 0.15) is 0 Å². The van der Waals surface area contributed by atoms with E-state index in [0.717, 1.165) is 48.6 Å². The van der Waals surface area contributed by atoms with Crippen LogP contribution in [0.15, 0.2) is 22.7 Å². The summed E-state index contributed by atoms with van der Waals surface area (Å²) >= 11 is 3.46. The number of aliphatic hydroxyl groups excluding tert-OH is 1. The first kappa shape index (κ1) is 20.4. The van der Waals surface area contributed by atoms with Crippen LogP contribution in [0.25, 0.3) is 0 Å². The van der Waals surface area contributed by atoms with Crippen LogP contribution in [-0.4, -0.2) is 30.8 Å². The fourth-order valence-electron chi connectivity index (χ4n) is 4.86. The van der Waals surface area contributed by atoms with Crippen LogP contribution in [0.5, 0.6) is 0 Å². The summed E-state index contributed by atoms with van der Waals surface area (Å²) in [5.74, 6) is 6.55. The third-order valence-corrected chi connectivity index (χ3v) is 7.09. The molecule has 0 heterocycles. The van der Waals surface area contributed by atoms with Gasteiger partial charge in [0.05, 0.1) is 12.7 Å². The number of ether oxygens (including phenoxy) is 1. The average molecular weight is 434 g/mol. The van der Waals surface area contributed by atoms with Crippen LogP contribution in [0.1, 0.15) is 49.7 Å². The lowest BCUT2D eigenvalue weighted by atomic mass is 9.67. The Morgan fingerprint density at radius 1 is 1.44 bits per heavy atom. The molecule has 5 heteroatoms. The van der Waals surface area contributed by atoms with Crippen molar-refractivity contribution in [1.29, 1.82) is 0 Å². The van der Waals surface area contributed by atoms with E-state index in [4.69, 9.17) is 10.5 Å². The van der Waals surface area contributed by atoms with Crippen LogP contribution in [-0.2, 0) is 14.9 Å². The number of carbonyl (C=O) groups excluding carboxylic acids is 1. The molecule has 0 radical (unpaired) electrons. The van der Waals surface area contributed by atoms with Crippen molar-refractivity contribution in [3.8, 4) is 11.8 Å². The number of methoxy groups -OCH3 is 1. The van der Waals surface area contributed by atoms with Gasteiger partial charge in [-0.1, -0.05) is 40.3 Å². The monoisotopic (exact) mass is 433 g/mol. The average Bonchev–Trinajstić information content (AvgIpc) is 3.08. The maximum atomic E-state index is 12.5. The molecule has 0 spiro atoms. The second-order valence-corrected chi connectivity index (χ2v) is 8.93. The first-order chi connectivity index (χ1) is 12.9. The Balaban J connectivity index is 2.04. The van der Waals surface area contributed by atoms with E-state index in [1.165, 1.54) is 0 Å². The van der Waals surface area contributed by atoms with Gasteiger partial charge in [0, 0.05) is 17.0 Å². The fourth-order valence-corrected chi connectivity index (χ4v) is 5.22. The van der Waals surface area contributed by atoms with Crippen LogP contribution >= 0.6 is 15.9 Å². The van der Waals surface area contributed by atoms with Crippen molar-refractivity contribution in [1.82, 2.24) is 0 Å². The summed E-state index contributed by atoms with van der Waals surface area (Å²) in [5, 5.41) is 10.2. The van der Waals surface area contributed by atoms with Gasteiger partial charge in [0.2, 0.25) is 5.91 Å². The number of rotatable bonds is 4. The van der Waals surface area contributed by atoms with E-state index in [1.54, 1.807) is 7.11 Å². The molecule has 2 fully saturated rings. The summed E-state index contributed by atoms with van der Waals surface area (Å²) in [6.07, 6.45) is 6.61. The predicted molar refractivity (Wildman–Crippen MR) is 109 cm³/mol. The van der Waals surface area contributed by atoms with E-state index in [9.17, 15) is 9.90 Å². The predicted octanol–water partition coefficient (Wildman–Crippen LogP) is 3.46. The lowest BCUT2D eigenvalue weighted by Gasteiger charge is -2.39. The van der Waals surface area contributed by atoms with E-state index < -0.39 is 17.9 Å². The number of nitrogens with two attached hydrogens (primary N) is 1. The first-order valence-corrected chi connectivity index (χ1v) is 10.4. The highest BCUT2D eigenvalue weighted by atomic mass is 79.9. The van der Waals surface area contributed by atoms with Crippen LogP contribution in [0.4, 0.5) is 0 Å². The Morgan fingerprint density at radius 3 is 2.89 bits per heavy atom. The normalized spacial score (nSPS) is 29.3. The maximum Gasteiger partial charge on any atom is 0.242 e. The Morgan fingerprint density at radius 2 is 2.22 bits per heavy atom. The topological polar surface area (TPSA) is 72.6 Å². The third kappa shape index (κ3) is 3.68. The molecule has 2 saturated carbocycles. The molecule has 0 aliphatic heterocycles. The molecule has 1 amide bonds. The molecule has 3 rings (SSSR count). The minimum absolute atomic E-state index is 0.0924. The molecule has 1 aromatic carbocycles. The highest BCUT2D eigenvalue weighted by molar-refractivity contribution is 9.10. The molecule has 0 bridgehead atoms. The third-order valence-electron chi connectivity index (χ3n) is 6.59. The summed E-state index contributed by atoms with van der Waals surface area (Å²) in [7, 11) is 1.78. The second-order valence-electron chi connectivity index (χ2n) is 8.01. The zero-order valence-electron chi connectivity index (χ0n) is 16.1. The molecule has 27 heavy (non-hydrogen) atoms. The number of primary amides is 1. The van der Waals surface area contributed by atoms with Crippen LogP contribution in [0.3, 0.4) is 0 Å². The van der Waals surface area contributed by atoms with Crippen molar-refractivity contribution in [3.63, 3.8) is 0 Å². The molecule has 3 N–H and O–H groups in total. The van der Waals surface area contributed by atoms with E-state index >= 15 is 0 Å². The lowest BCUT2D eigenvalue weighted by molar-refractivity contribution is -0.122. The zero-order valence-corrected chi connectivity index (χ0v) is 17.6. The van der Waals surface area contributed by atoms with E-state index in [1.807, 2.05) is 25.1 Å². The molecule has 4 nitrogen and oxygen atoms in total. The number of hydrogen-bond donors (Lipinski definition) is 2. The van der Waals surface area contributed by atoms with E-state index in [0.29, 0.717) is 17.6 Å². The first-order valence-electron chi connectivity index (χ1n) is 9.61. The van der Waals surface area contributed by atoms with Gasteiger partial charge in [0.15, 0.2) is 5.41 Å². The quantitative estimate of drug-likeness (QED) is 0.713. The molecular formula is C22H28BrNO3. The molecular weight excluding hydrogens is 406 g/mol. The summed E-state index contributed by atoms with van der Waals surface area (Å²) in [6.45, 7) is 1.49. The summed E-state index contributed by atoms with van der Waals surface area (Å²) in [5.41, 5.74) is 5.89. The van der Waals surface area contributed by atoms with Gasteiger partial charge in [-0.05, 0) is 68.2 Å². The van der Waals surface area contributed by atoms with Gasteiger partial charge >= 0.3 is 0 Å². The Labute approximate surface area is 170 Å². The smallest absolute Gasteiger partial charge is 0.242 e. The van der Waals surface area contributed by atoms with Crippen LogP contribution in [0.2, 0.25) is 0 Å². The molecule has 0 aromatic heterocycles. The Bertz CT molecular complexity index is 783. The number of amides is 1. The van der Waals surface area contributed by atoms with Crippen molar-refractivity contribution in [2.24, 2.45) is 17.1 Å². The highest BCUT2D eigenvalue weighted by Gasteiger charge is 2.47. The minimum atomic E-state index is -1.38. The summed E-state index contributed by atoms with van der Waals surface area (Å²) < 4.78 is 6.41. The van der Waals surface area contributed by atoms with E-state index in [-0.39, 0.29) is 5.41 Å². The highest BCUT2D eigenvalue weighted by Crippen LogP contribution is 2.52. The zero-order chi connectivity index (χ0) is 19.7. The molecule has 0 saturated heterocycles. The van der Waals surface area contributed by atoms with Crippen molar-refractivity contribution < 1.29 is 14.6 Å². The van der Waals surface area contributed by atoms with Crippen LogP contribution < -0.4 is 5.73 Å². The molecule has 146 valence electrons. The Hall–Kier alpha value is -1.35. The molecule has 1 aromatic rings. The number of fused-ring (bicyclic) bond motifs is 1. The SMILES string of the molecule is CO[C@@H]1CC[C@]2(C#CC(CO)(C(N)=O)c3cc(Br)ccc3C)CCCC2C1. The van der Waals surface area contributed by atoms with Gasteiger partial charge in [-0.15, -0.1) is 0 Å². The number of halogens is 1. The largest absolute Gasteiger partial charge is 0.394 e. The van der Waals surface area contributed by atoms with Gasteiger partial charge in [-0.3, -0.25) is 4.79 Å². The second kappa shape index (κ2) is 7.95. The molecule has 2 aliphatic carbocycles.